The van der Waals surface area contributed by atoms with Gasteiger partial charge >= 0.3 is 0 Å². The minimum absolute atomic E-state index is 0.100. The van der Waals surface area contributed by atoms with Gasteiger partial charge in [0.15, 0.2) is 4.32 Å². The first-order chi connectivity index (χ1) is 10.7. The predicted molar refractivity (Wildman–Crippen MR) is 98.1 cm³/mol. The molecule has 0 N–H and O–H groups in total. The second-order valence-electron chi connectivity index (χ2n) is 4.50. The SMILES string of the molecule is CSc1ccc(/C=C2\SC(=S)N(c3cccnc3)C2=O)cc1. The summed E-state index contributed by atoms with van der Waals surface area (Å²) in [6.07, 6.45) is 7.22. The van der Waals surface area contributed by atoms with Crippen LogP contribution in [0.1, 0.15) is 5.56 Å². The number of pyridine rings is 1. The van der Waals surface area contributed by atoms with Gasteiger partial charge in [0.1, 0.15) is 0 Å². The Morgan fingerprint density at radius 2 is 2.05 bits per heavy atom. The van der Waals surface area contributed by atoms with Crippen LogP contribution in [0.3, 0.4) is 0 Å². The highest BCUT2D eigenvalue weighted by Crippen LogP contribution is 2.35. The summed E-state index contributed by atoms with van der Waals surface area (Å²) in [5, 5.41) is 0. The van der Waals surface area contributed by atoms with Crippen molar-refractivity contribution in [2.75, 3.05) is 11.2 Å². The largest absolute Gasteiger partial charge is 0.270 e. The molecule has 0 bridgehead atoms. The van der Waals surface area contributed by atoms with Crippen molar-refractivity contribution in [3.05, 3.63) is 59.3 Å². The molecule has 110 valence electrons. The third-order valence-electron chi connectivity index (χ3n) is 3.11. The van der Waals surface area contributed by atoms with Crippen molar-refractivity contribution < 1.29 is 4.79 Å². The van der Waals surface area contributed by atoms with Gasteiger partial charge in [-0.1, -0.05) is 36.1 Å². The van der Waals surface area contributed by atoms with E-state index >= 15 is 0 Å². The fraction of sp³-hybridized carbons (Fsp3) is 0.0625. The lowest BCUT2D eigenvalue weighted by Crippen LogP contribution is -2.27. The molecule has 3 nitrogen and oxygen atoms in total. The van der Waals surface area contributed by atoms with Gasteiger partial charge in [-0.2, -0.15) is 0 Å². The van der Waals surface area contributed by atoms with Gasteiger partial charge in [0, 0.05) is 11.1 Å². The predicted octanol–water partition coefficient (Wildman–Crippen LogP) is 4.21. The van der Waals surface area contributed by atoms with Crippen molar-refractivity contribution in [2.45, 2.75) is 4.90 Å². The molecule has 1 aliphatic heterocycles. The zero-order valence-corrected chi connectivity index (χ0v) is 14.2. The summed E-state index contributed by atoms with van der Waals surface area (Å²) in [4.78, 5) is 20.0. The highest BCUT2D eigenvalue weighted by molar-refractivity contribution is 8.27. The number of thioether (sulfide) groups is 2. The van der Waals surface area contributed by atoms with Gasteiger partial charge in [-0.3, -0.25) is 14.7 Å². The average molecular weight is 344 g/mol. The molecule has 3 rings (SSSR count). The van der Waals surface area contributed by atoms with Gasteiger partial charge in [-0.15, -0.1) is 11.8 Å². The molecule has 22 heavy (non-hydrogen) atoms. The second-order valence-corrected chi connectivity index (χ2v) is 7.06. The summed E-state index contributed by atoms with van der Waals surface area (Å²) in [6, 6.07) is 11.7. The molecule has 6 heteroatoms. The smallest absolute Gasteiger partial charge is 0.268 e. The standard InChI is InChI=1S/C16H12N2OS3/c1-21-13-6-4-11(5-7-13)9-14-15(19)18(16(20)22-14)12-3-2-8-17-10-12/h2-10H,1H3/b14-9-. The van der Waals surface area contributed by atoms with Crippen LogP contribution in [0.15, 0.2) is 58.6 Å². The van der Waals surface area contributed by atoms with Crippen LogP contribution < -0.4 is 4.90 Å². The van der Waals surface area contributed by atoms with Crippen molar-refractivity contribution in [2.24, 2.45) is 0 Å². The molecular weight excluding hydrogens is 332 g/mol. The Morgan fingerprint density at radius 1 is 1.27 bits per heavy atom. The Hall–Kier alpha value is -1.63. The third kappa shape index (κ3) is 3.09. The van der Waals surface area contributed by atoms with Crippen LogP contribution >= 0.6 is 35.7 Å². The van der Waals surface area contributed by atoms with E-state index in [1.54, 1.807) is 30.2 Å². The molecular formula is C16H12N2OS3. The summed E-state index contributed by atoms with van der Waals surface area (Å²) >= 11 is 8.34. The molecule has 0 atom stereocenters. The number of aromatic nitrogens is 1. The van der Waals surface area contributed by atoms with Crippen LogP contribution in [0.25, 0.3) is 6.08 Å². The lowest BCUT2D eigenvalue weighted by molar-refractivity contribution is -0.113. The molecule has 0 radical (unpaired) electrons. The fourth-order valence-corrected chi connectivity index (χ4v) is 3.74. The van der Waals surface area contributed by atoms with E-state index in [1.807, 2.05) is 42.7 Å². The van der Waals surface area contributed by atoms with E-state index in [0.717, 1.165) is 5.56 Å². The molecule has 1 saturated heterocycles. The molecule has 1 aromatic heterocycles. The molecule has 0 spiro atoms. The van der Waals surface area contributed by atoms with Crippen LogP contribution in [0.2, 0.25) is 0 Å². The Labute approximate surface area is 142 Å². The third-order valence-corrected chi connectivity index (χ3v) is 5.16. The van der Waals surface area contributed by atoms with Gasteiger partial charge in [-0.25, -0.2) is 0 Å². The number of anilines is 1. The quantitative estimate of drug-likeness (QED) is 0.473. The molecule has 1 aliphatic rings. The summed E-state index contributed by atoms with van der Waals surface area (Å²) in [7, 11) is 0. The maximum Gasteiger partial charge on any atom is 0.270 e. The highest BCUT2D eigenvalue weighted by atomic mass is 32.2. The zero-order valence-electron chi connectivity index (χ0n) is 11.7. The van der Waals surface area contributed by atoms with E-state index in [4.69, 9.17) is 12.2 Å². The summed E-state index contributed by atoms with van der Waals surface area (Å²) in [5.41, 5.74) is 1.69. The van der Waals surface area contributed by atoms with Crippen molar-refractivity contribution in [1.82, 2.24) is 4.98 Å². The number of amides is 1. The Balaban J connectivity index is 1.88. The van der Waals surface area contributed by atoms with E-state index in [-0.39, 0.29) is 5.91 Å². The van der Waals surface area contributed by atoms with Gasteiger partial charge in [0.25, 0.3) is 5.91 Å². The van der Waals surface area contributed by atoms with Gasteiger partial charge in [-0.05, 0) is 42.2 Å². The number of hydrogen-bond acceptors (Lipinski definition) is 5. The summed E-state index contributed by atoms with van der Waals surface area (Å²) < 4.78 is 0.532. The summed E-state index contributed by atoms with van der Waals surface area (Å²) in [6.45, 7) is 0. The number of rotatable bonds is 3. The first kappa shape index (κ1) is 15.3. The fourth-order valence-electron chi connectivity index (χ4n) is 2.03. The van der Waals surface area contributed by atoms with Crippen LogP contribution in [0, 0.1) is 0 Å². The van der Waals surface area contributed by atoms with Crippen molar-refractivity contribution in [3.8, 4) is 0 Å². The van der Waals surface area contributed by atoms with Crippen molar-refractivity contribution in [1.29, 1.82) is 0 Å². The average Bonchev–Trinajstić information content (AvgIpc) is 2.83. The Morgan fingerprint density at radius 3 is 2.68 bits per heavy atom. The van der Waals surface area contributed by atoms with E-state index in [0.29, 0.717) is 14.9 Å². The number of benzene rings is 1. The topological polar surface area (TPSA) is 33.2 Å². The van der Waals surface area contributed by atoms with Gasteiger partial charge in [0.2, 0.25) is 0 Å². The van der Waals surface area contributed by atoms with Crippen LogP contribution in [-0.4, -0.2) is 21.5 Å². The Kier molecular flexibility index (Phi) is 4.61. The lowest BCUT2D eigenvalue weighted by Gasteiger charge is -2.13. The zero-order chi connectivity index (χ0) is 15.5. The number of thiocarbonyl (C=S) groups is 1. The molecule has 0 unspecified atom stereocenters. The first-order valence-corrected chi connectivity index (χ1v) is 8.96. The number of hydrogen-bond donors (Lipinski definition) is 0. The van der Waals surface area contributed by atoms with Crippen LogP contribution in [0.5, 0.6) is 0 Å². The number of carbonyl (C=O) groups excluding carboxylic acids is 1. The van der Waals surface area contributed by atoms with E-state index < -0.39 is 0 Å². The molecule has 2 heterocycles. The van der Waals surface area contributed by atoms with Gasteiger partial charge < -0.3 is 0 Å². The van der Waals surface area contributed by atoms with E-state index in [9.17, 15) is 4.79 Å². The molecule has 0 aliphatic carbocycles. The maximum absolute atomic E-state index is 12.6. The van der Waals surface area contributed by atoms with Crippen LogP contribution in [-0.2, 0) is 4.79 Å². The molecule has 0 saturated carbocycles. The monoisotopic (exact) mass is 344 g/mol. The first-order valence-electron chi connectivity index (χ1n) is 6.51. The summed E-state index contributed by atoms with van der Waals surface area (Å²) in [5.74, 6) is -0.100. The minimum Gasteiger partial charge on any atom is -0.268 e. The highest BCUT2D eigenvalue weighted by Gasteiger charge is 2.33. The number of nitrogens with zero attached hydrogens (tertiary/aromatic N) is 2. The molecule has 1 fully saturated rings. The van der Waals surface area contributed by atoms with Crippen molar-refractivity contribution in [3.63, 3.8) is 0 Å². The molecule has 1 amide bonds. The Bertz CT molecular complexity index is 742. The second kappa shape index (κ2) is 6.64. The van der Waals surface area contributed by atoms with E-state index in [2.05, 4.69) is 4.98 Å². The van der Waals surface area contributed by atoms with E-state index in [1.165, 1.54) is 21.6 Å². The minimum atomic E-state index is -0.100. The van der Waals surface area contributed by atoms with Crippen molar-refractivity contribution >= 4 is 57.7 Å². The number of carbonyl (C=O) groups is 1. The lowest BCUT2D eigenvalue weighted by atomic mass is 10.2. The molecule has 1 aromatic carbocycles. The van der Waals surface area contributed by atoms with Crippen LogP contribution in [0.4, 0.5) is 5.69 Å². The maximum atomic E-state index is 12.6. The normalized spacial score (nSPS) is 16.6. The molecule has 2 aromatic rings. The van der Waals surface area contributed by atoms with Gasteiger partial charge in [0.05, 0.1) is 16.8 Å².